The second kappa shape index (κ2) is 10.5. The van der Waals surface area contributed by atoms with E-state index in [-0.39, 0.29) is 0 Å². The lowest BCUT2D eigenvalue weighted by Crippen LogP contribution is -2.33. The van der Waals surface area contributed by atoms with E-state index in [1.165, 1.54) is 24.8 Å². The van der Waals surface area contributed by atoms with Gasteiger partial charge in [0.25, 0.3) is 0 Å². The molecule has 7 heteroatoms. The molecule has 1 aliphatic heterocycles. The number of rotatable bonds is 9. The molecule has 0 bridgehead atoms. The lowest BCUT2D eigenvalue weighted by Gasteiger charge is -2.25. The first-order valence-corrected chi connectivity index (χ1v) is 10.5. The Morgan fingerprint density at radius 1 is 1.24 bits per heavy atom. The average molecular weight is 404 g/mol. The zero-order valence-corrected chi connectivity index (χ0v) is 17.8. The Morgan fingerprint density at radius 3 is 2.79 bits per heavy atom. The Kier molecular flexibility index (Phi) is 7.77. The van der Waals surface area contributed by atoms with Crippen LogP contribution in [0.5, 0.6) is 5.75 Å². The standard InChI is InChI=1S/C22H33N3O4/c1-17(29-22(26)27-15-14-25-11-5-4-6-12-25)28-20-9-7-8-19-21(20)18(16-23-19)10-13-24(2)3/h7-9,16-17,23H,4-6,10-15H2,1-3H3. The Balaban J connectivity index is 1.51. The third kappa shape index (κ3) is 6.37. The van der Waals surface area contributed by atoms with Crippen molar-refractivity contribution in [2.45, 2.75) is 38.9 Å². The first kappa shape index (κ1) is 21.5. The number of piperidine rings is 1. The maximum Gasteiger partial charge on any atom is 0.511 e. The van der Waals surface area contributed by atoms with E-state index in [1.807, 2.05) is 24.4 Å². The highest BCUT2D eigenvalue weighted by atomic mass is 16.8. The number of carbonyl (C=O) groups is 1. The maximum atomic E-state index is 12.0. The van der Waals surface area contributed by atoms with Crippen LogP contribution in [0.2, 0.25) is 0 Å². The van der Waals surface area contributed by atoms with Gasteiger partial charge < -0.3 is 24.1 Å². The van der Waals surface area contributed by atoms with Crippen molar-refractivity contribution in [2.75, 3.05) is 46.9 Å². The molecular weight excluding hydrogens is 370 g/mol. The van der Waals surface area contributed by atoms with Gasteiger partial charge >= 0.3 is 6.16 Å². The molecule has 0 radical (unpaired) electrons. The molecule has 0 spiro atoms. The number of benzene rings is 1. The van der Waals surface area contributed by atoms with Crippen molar-refractivity contribution in [3.8, 4) is 5.75 Å². The van der Waals surface area contributed by atoms with Gasteiger partial charge in [0.2, 0.25) is 6.29 Å². The Bertz CT molecular complexity index is 783. The van der Waals surface area contributed by atoms with Crippen LogP contribution in [-0.2, 0) is 15.9 Å². The van der Waals surface area contributed by atoms with Crippen LogP contribution in [0.4, 0.5) is 4.79 Å². The molecule has 7 nitrogen and oxygen atoms in total. The summed E-state index contributed by atoms with van der Waals surface area (Å²) in [6.45, 7) is 5.90. The van der Waals surface area contributed by atoms with Gasteiger partial charge in [-0.05, 0) is 64.1 Å². The summed E-state index contributed by atoms with van der Waals surface area (Å²) in [5, 5.41) is 1.03. The molecule has 1 aromatic carbocycles. The summed E-state index contributed by atoms with van der Waals surface area (Å²) in [5.74, 6) is 0.700. The minimum Gasteiger partial charge on any atom is -0.454 e. The minimum atomic E-state index is -0.736. The van der Waals surface area contributed by atoms with Gasteiger partial charge in [0, 0.05) is 37.1 Å². The number of hydrogen-bond acceptors (Lipinski definition) is 6. The number of nitrogens with zero attached hydrogens (tertiary/aromatic N) is 2. The van der Waals surface area contributed by atoms with E-state index in [2.05, 4.69) is 28.9 Å². The van der Waals surface area contributed by atoms with Crippen molar-refractivity contribution in [3.05, 3.63) is 30.0 Å². The van der Waals surface area contributed by atoms with E-state index in [9.17, 15) is 4.79 Å². The van der Waals surface area contributed by atoms with Crippen LogP contribution in [0, 0.1) is 0 Å². The highest BCUT2D eigenvalue weighted by Crippen LogP contribution is 2.30. The van der Waals surface area contributed by atoms with Crippen molar-refractivity contribution in [3.63, 3.8) is 0 Å². The fourth-order valence-electron chi connectivity index (χ4n) is 3.67. The topological polar surface area (TPSA) is 67.0 Å². The number of H-pyrrole nitrogens is 1. The van der Waals surface area contributed by atoms with Crippen LogP contribution < -0.4 is 4.74 Å². The van der Waals surface area contributed by atoms with Crippen LogP contribution in [-0.4, -0.2) is 74.1 Å². The van der Waals surface area contributed by atoms with Gasteiger partial charge in [-0.2, -0.15) is 0 Å². The fourth-order valence-corrected chi connectivity index (χ4v) is 3.67. The first-order chi connectivity index (χ1) is 14.0. The molecule has 1 aromatic heterocycles. The number of aromatic amines is 1. The molecule has 160 valence electrons. The van der Waals surface area contributed by atoms with Crippen LogP contribution >= 0.6 is 0 Å². The number of fused-ring (bicyclic) bond motifs is 1. The molecule has 0 amide bonds. The zero-order chi connectivity index (χ0) is 20.6. The van der Waals surface area contributed by atoms with Gasteiger partial charge in [-0.3, -0.25) is 4.90 Å². The van der Waals surface area contributed by atoms with E-state index in [4.69, 9.17) is 14.2 Å². The van der Waals surface area contributed by atoms with Crippen molar-refractivity contribution < 1.29 is 19.0 Å². The maximum absolute atomic E-state index is 12.0. The van der Waals surface area contributed by atoms with Gasteiger partial charge in [0.05, 0.1) is 0 Å². The number of likely N-dealkylation sites (N-methyl/N-ethyl adjacent to an activating group) is 1. The molecule has 0 saturated carbocycles. The van der Waals surface area contributed by atoms with Gasteiger partial charge in [0.1, 0.15) is 12.4 Å². The highest BCUT2D eigenvalue weighted by Gasteiger charge is 2.17. The van der Waals surface area contributed by atoms with E-state index >= 15 is 0 Å². The Morgan fingerprint density at radius 2 is 2.03 bits per heavy atom. The fraction of sp³-hybridized carbons (Fsp3) is 0.591. The lowest BCUT2D eigenvalue weighted by molar-refractivity contribution is -0.0540. The number of nitrogens with one attached hydrogen (secondary N) is 1. The van der Waals surface area contributed by atoms with Crippen LogP contribution in [0.1, 0.15) is 31.7 Å². The molecule has 1 N–H and O–H groups in total. The van der Waals surface area contributed by atoms with Gasteiger partial charge in [-0.15, -0.1) is 0 Å². The summed E-state index contributed by atoms with van der Waals surface area (Å²) < 4.78 is 16.4. The summed E-state index contributed by atoms with van der Waals surface area (Å²) >= 11 is 0. The SMILES string of the molecule is CC(OC(=O)OCCN1CCCCC1)Oc1cccc2[nH]cc(CCN(C)C)c12. The summed E-state index contributed by atoms with van der Waals surface area (Å²) in [5.41, 5.74) is 2.19. The van der Waals surface area contributed by atoms with Gasteiger partial charge in [-0.1, -0.05) is 12.5 Å². The van der Waals surface area contributed by atoms with E-state index < -0.39 is 12.4 Å². The molecule has 0 aliphatic carbocycles. The Hall–Kier alpha value is -2.25. The van der Waals surface area contributed by atoms with E-state index in [0.29, 0.717) is 12.4 Å². The molecule has 1 unspecified atom stereocenters. The molecule has 1 atom stereocenters. The second-order valence-electron chi connectivity index (χ2n) is 7.85. The Labute approximate surface area is 172 Å². The highest BCUT2D eigenvalue weighted by molar-refractivity contribution is 5.89. The lowest BCUT2D eigenvalue weighted by atomic mass is 10.1. The zero-order valence-electron chi connectivity index (χ0n) is 17.8. The van der Waals surface area contributed by atoms with Crippen LogP contribution in [0.25, 0.3) is 10.9 Å². The monoisotopic (exact) mass is 403 g/mol. The minimum absolute atomic E-state index is 0.341. The molecule has 29 heavy (non-hydrogen) atoms. The van der Waals surface area contributed by atoms with Crippen molar-refractivity contribution in [1.82, 2.24) is 14.8 Å². The molecule has 1 aliphatic rings. The number of aromatic nitrogens is 1. The number of likely N-dealkylation sites (tertiary alicyclic amines) is 1. The smallest absolute Gasteiger partial charge is 0.454 e. The average Bonchev–Trinajstić information content (AvgIpc) is 3.11. The second-order valence-corrected chi connectivity index (χ2v) is 7.85. The molecular formula is C22H33N3O4. The number of ether oxygens (including phenoxy) is 3. The largest absolute Gasteiger partial charge is 0.511 e. The normalized spacial score (nSPS) is 16.1. The predicted molar refractivity (Wildman–Crippen MR) is 113 cm³/mol. The summed E-state index contributed by atoms with van der Waals surface area (Å²) in [7, 11) is 4.11. The number of carbonyl (C=O) groups excluding carboxylic acids is 1. The summed E-state index contributed by atoms with van der Waals surface area (Å²) in [4.78, 5) is 19.7. The predicted octanol–water partition coefficient (Wildman–Crippen LogP) is 3.64. The quantitative estimate of drug-likeness (QED) is 0.509. The molecule has 2 heterocycles. The summed E-state index contributed by atoms with van der Waals surface area (Å²) in [6, 6.07) is 5.84. The number of hydrogen-bond donors (Lipinski definition) is 1. The van der Waals surface area contributed by atoms with Crippen LogP contribution in [0.15, 0.2) is 24.4 Å². The molecule has 3 rings (SSSR count). The van der Waals surface area contributed by atoms with E-state index in [1.54, 1.807) is 6.92 Å². The van der Waals surface area contributed by atoms with Gasteiger partial charge in [0.15, 0.2) is 0 Å². The van der Waals surface area contributed by atoms with E-state index in [0.717, 1.165) is 43.5 Å². The van der Waals surface area contributed by atoms with Crippen molar-refractivity contribution >= 4 is 17.1 Å². The molecule has 1 fully saturated rings. The summed E-state index contributed by atoms with van der Waals surface area (Å²) in [6.07, 6.45) is 5.22. The van der Waals surface area contributed by atoms with Crippen molar-refractivity contribution in [1.29, 1.82) is 0 Å². The van der Waals surface area contributed by atoms with Crippen LogP contribution in [0.3, 0.4) is 0 Å². The third-order valence-electron chi connectivity index (χ3n) is 5.21. The van der Waals surface area contributed by atoms with Gasteiger partial charge in [-0.25, -0.2) is 4.79 Å². The molecule has 2 aromatic rings. The first-order valence-electron chi connectivity index (χ1n) is 10.5. The molecule has 1 saturated heterocycles. The third-order valence-corrected chi connectivity index (χ3v) is 5.21. The van der Waals surface area contributed by atoms with Crippen molar-refractivity contribution in [2.24, 2.45) is 0 Å².